The zero-order valence-corrected chi connectivity index (χ0v) is 16.6. The van der Waals surface area contributed by atoms with Gasteiger partial charge in [0.25, 0.3) is 5.91 Å². The van der Waals surface area contributed by atoms with E-state index in [9.17, 15) is 9.59 Å². The van der Waals surface area contributed by atoms with Gasteiger partial charge in [-0.25, -0.2) is 0 Å². The van der Waals surface area contributed by atoms with E-state index in [2.05, 4.69) is 37.3 Å². The number of hydrogen-bond acceptors (Lipinski definition) is 2. The first-order chi connectivity index (χ1) is 14.1. The number of primary amides is 1. The number of nitrogens with zero attached hydrogens (tertiary/aromatic N) is 2. The summed E-state index contributed by atoms with van der Waals surface area (Å²) in [4.78, 5) is 26.5. The Morgan fingerprint density at radius 1 is 1.07 bits per heavy atom. The molecule has 1 aromatic heterocycles. The summed E-state index contributed by atoms with van der Waals surface area (Å²) in [6, 6.07) is 16.2. The van der Waals surface area contributed by atoms with Crippen molar-refractivity contribution in [2.45, 2.75) is 26.3 Å². The monoisotopic (exact) mass is 387 g/mol. The molecule has 0 saturated carbocycles. The molecular formula is C24H25N3O2. The predicted molar refractivity (Wildman–Crippen MR) is 115 cm³/mol. The van der Waals surface area contributed by atoms with E-state index in [1.54, 1.807) is 6.20 Å². The highest BCUT2D eigenvalue weighted by atomic mass is 16.2. The highest BCUT2D eigenvalue weighted by Gasteiger charge is 2.20. The van der Waals surface area contributed by atoms with Crippen LogP contribution in [0.1, 0.15) is 34.8 Å². The molecule has 3 aromatic rings. The van der Waals surface area contributed by atoms with Crippen LogP contribution in [0.5, 0.6) is 0 Å². The Hall–Kier alpha value is -3.34. The summed E-state index contributed by atoms with van der Waals surface area (Å²) in [6.07, 6.45) is 5.71. The number of nitrogens with two attached hydrogens (primary N) is 1. The number of carbonyl (C=O) groups excluding carboxylic acids is 2. The van der Waals surface area contributed by atoms with Crippen LogP contribution in [0.3, 0.4) is 0 Å². The number of carbonyl (C=O) groups is 2. The minimum Gasteiger partial charge on any atom is -0.366 e. The third-order valence-electron chi connectivity index (χ3n) is 5.65. The molecule has 0 spiro atoms. The highest BCUT2D eigenvalue weighted by molar-refractivity contribution is 6.06. The second-order valence-electron chi connectivity index (χ2n) is 7.42. The molecule has 2 N–H and O–H groups in total. The van der Waals surface area contributed by atoms with Crippen molar-refractivity contribution in [1.82, 2.24) is 9.47 Å². The van der Waals surface area contributed by atoms with Crippen molar-refractivity contribution < 1.29 is 9.59 Å². The summed E-state index contributed by atoms with van der Waals surface area (Å²) < 4.78 is 1.82. The molecule has 0 fully saturated rings. The third-order valence-corrected chi connectivity index (χ3v) is 5.65. The Morgan fingerprint density at radius 3 is 2.48 bits per heavy atom. The maximum Gasteiger partial charge on any atom is 0.250 e. The van der Waals surface area contributed by atoms with Gasteiger partial charge in [0, 0.05) is 30.2 Å². The zero-order valence-electron chi connectivity index (χ0n) is 16.6. The van der Waals surface area contributed by atoms with Crippen LogP contribution in [0.25, 0.3) is 16.5 Å². The lowest BCUT2D eigenvalue weighted by molar-refractivity contribution is -0.131. The Balaban J connectivity index is 1.48. The largest absolute Gasteiger partial charge is 0.366 e. The predicted octanol–water partition coefficient (Wildman–Crippen LogP) is 3.62. The lowest BCUT2D eigenvalue weighted by Crippen LogP contribution is -2.36. The van der Waals surface area contributed by atoms with E-state index in [0.29, 0.717) is 18.7 Å². The van der Waals surface area contributed by atoms with Crippen molar-refractivity contribution >= 4 is 28.3 Å². The lowest BCUT2D eigenvalue weighted by Gasteiger charge is -2.27. The van der Waals surface area contributed by atoms with E-state index in [1.807, 2.05) is 33.7 Å². The minimum absolute atomic E-state index is 0.0402. The Bertz CT molecular complexity index is 1090. The number of aryl methyl sites for hydroxylation is 1. The van der Waals surface area contributed by atoms with Gasteiger partial charge >= 0.3 is 0 Å². The van der Waals surface area contributed by atoms with Crippen LogP contribution in [-0.4, -0.2) is 34.4 Å². The first-order valence-electron chi connectivity index (χ1n) is 10.0. The number of amides is 2. The molecule has 0 aliphatic carbocycles. The molecule has 148 valence electrons. The summed E-state index contributed by atoms with van der Waals surface area (Å²) in [5, 5.41) is 0.782. The summed E-state index contributed by atoms with van der Waals surface area (Å²) in [6.45, 7) is 3.65. The highest BCUT2D eigenvalue weighted by Crippen LogP contribution is 2.24. The van der Waals surface area contributed by atoms with Crippen LogP contribution >= 0.6 is 0 Å². The fraction of sp³-hybridized carbons (Fsp3) is 0.250. The molecule has 2 heterocycles. The van der Waals surface area contributed by atoms with Crippen LogP contribution in [0.2, 0.25) is 0 Å². The van der Waals surface area contributed by atoms with Gasteiger partial charge in [0.2, 0.25) is 5.91 Å². The molecule has 0 unspecified atom stereocenters. The van der Waals surface area contributed by atoms with E-state index in [4.69, 9.17) is 5.73 Å². The molecule has 0 radical (unpaired) electrons. The number of para-hydroxylation sites is 1. The molecule has 2 amide bonds. The average molecular weight is 387 g/mol. The van der Waals surface area contributed by atoms with Crippen LogP contribution in [-0.2, 0) is 17.8 Å². The van der Waals surface area contributed by atoms with Gasteiger partial charge in [-0.3, -0.25) is 9.59 Å². The first-order valence-corrected chi connectivity index (χ1v) is 10.0. The molecule has 0 saturated heterocycles. The smallest absolute Gasteiger partial charge is 0.250 e. The molecule has 1 aliphatic rings. The van der Waals surface area contributed by atoms with E-state index >= 15 is 0 Å². The molecule has 4 rings (SSSR count). The number of aromatic nitrogens is 1. The van der Waals surface area contributed by atoms with Gasteiger partial charge in [0.15, 0.2) is 0 Å². The van der Waals surface area contributed by atoms with Crippen molar-refractivity contribution in [3.8, 4) is 0 Å². The summed E-state index contributed by atoms with van der Waals surface area (Å²) in [5.41, 5.74) is 10.6. The van der Waals surface area contributed by atoms with Crippen LogP contribution in [0.15, 0.2) is 60.8 Å². The number of rotatable bonds is 5. The number of hydrogen-bond donors (Lipinski definition) is 1. The Morgan fingerprint density at radius 2 is 1.83 bits per heavy atom. The van der Waals surface area contributed by atoms with Gasteiger partial charge in [0.1, 0.15) is 6.54 Å². The molecule has 29 heavy (non-hydrogen) atoms. The topological polar surface area (TPSA) is 68.3 Å². The maximum atomic E-state index is 12.9. The SMILES string of the molecule is CCc1ccc(C2=CCN(C(=O)Cn3cc(C(N)=O)c4ccccc43)CC2)cc1. The summed E-state index contributed by atoms with van der Waals surface area (Å²) in [7, 11) is 0. The quantitative estimate of drug-likeness (QED) is 0.726. The average Bonchev–Trinajstić information content (AvgIpc) is 3.13. The maximum absolute atomic E-state index is 12.9. The van der Waals surface area contributed by atoms with Crippen molar-refractivity contribution in [2.75, 3.05) is 13.1 Å². The van der Waals surface area contributed by atoms with Gasteiger partial charge in [-0.15, -0.1) is 0 Å². The Kier molecular flexibility index (Phi) is 5.21. The summed E-state index contributed by atoms with van der Waals surface area (Å²) in [5.74, 6) is -0.439. The lowest BCUT2D eigenvalue weighted by atomic mass is 9.98. The van der Waals surface area contributed by atoms with E-state index < -0.39 is 5.91 Å². The third kappa shape index (κ3) is 3.81. The summed E-state index contributed by atoms with van der Waals surface area (Å²) >= 11 is 0. The second-order valence-corrected chi connectivity index (χ2v) is 7.42. The van der Waals surface area contributed by atoms with Gasteiger partial charge in [-0.1, -0.05) is 55.5 Å². The minimum atomic E-state index is -0.480. The molecule has 1 aliphatic heterocycles. The van der Waals surface area contributed by atoms with Crippen molar-refractivity contribution in [3.63, 3.8) is 0 Å². The second kappa shape index (κ2) is 7.95. The van der Waals surface area contributed by atoms with Crippen LogP contribution in [0.4, 0.5) is 0 Å². The van der Waals surface area contributed by atoms with Crippen LogP contribution < -0.4 is 5.73 Å². The molecule has 2 aromatic carbocycles. The fourth-order valence-electron chi connectivity index (χ4n) is 3.93. The molecular weight excluding hydrogens is 362 g/mol. The molecule has 5 heteroatoms. The first kappa shape index (κ1) is 19.0. The van der Waals surface area contributed by atoms with Gasteiger partial charge in [-0.05, 0) is 35.6 Å². The number of fused-ring (bicyclic) bond motifs is 1. The van der Waals surface area contributed by atoms with E-state index in [0.717, 1.165) is 23.7 Å². The van der Waals surface area contributed by atoms with Crippen molar-refractivity contribution in [3.05, 3.63) is 77.5 Å². The van der Waals surface area contributed by atoms with E-state index in [1.165, 1.54) is 16.7 Å². The molecule has 0 bridgehead atoms. The Labute approximate surface area is 170 Å². The van der Waals surface area contributed by atoms with Gasteiger partial charge in [-0.2, -0.15) is 0 Å². The van der Waals surface area contributed by atoms with Crippen molar-refractivity contribution in [2.24, 2.45) is 5.73 Å². The fourth-order valence-corrected chi connectivity index (χ4v) is 3.93. The van der Waals surface area contributed by atoms with E-state index in [-0.39, 0.29) is 12.5 Å². The zero-order chi connectivity index (χ0) is 20.4. The normalized spacial score (nSPS) is 14.1. The van der Waals surface area contributed by atoms with Crippen LogP contribution in [0, 0.1) is 0 Å². The number of benzene rings is 2. The molecule has 0 atom stereocenters. The van der Waals surface area contributed by atoms with Gasteiger partial charge in [0.05, 0.1) is 5.56 Å². The molecule has 5 nitrogen and oxygen atoms in total. The van der Waals surface area contributed by atoms with Gasteiger partial charge < -0.3 is 15.2 Å². The standard InChI is InChI=1S/C24H25N3O2/c1-2-17-7-9-18(10-8-17)19-11-13-26(14-12-19)23(28)16-27-15-21(24(25)29)20-5-3-4-6-22(20)27/h3-11,15H,2,12-14,16H2,1H3,(H2,25,29). The van der Waals surface area contributed by atoms with Crippen molar-refractivity contribution in [1.29, 1.82) is 0 Å².